The molecule has 1 aliphatic carbocycles. The Bertz CT molecular complexity index is 460. The lowest BCUT2D eigenvalue weighted by Crippen LogP contribution is -1.94. The topological polar surface area (TPSA) is 141 Å². The molecule has 8 N–H and O–H groups in total. The van der Waals surface area contributed by atoms with E-state index in [4.69, 9.17) is 21.7 Å². The summed E-state index contributed by atoms with van der Waals surface area (Å²) in [7, 11) is 1.00. The Balaban J connectivity index is -0.000000128. The average molecular weight is 377 g/mol. The Labute approximate surface area is 157 Å². The third-order valence-electron chi connectivity index (χ3n) is 2.36. The first kappa shape index (κ1) is 31.1. The molecule has 2 rings (SSSR count). The van der Waals surface area contributed by atoms with Gasteiger partial charge in [0.2, 0.25) is 0 Å². The second kappa shape index (κ2) is 20.3. The highest BCUT2D eigenvalue weighted by Crippen LogP contribution is 2.17. The standard InChI is InChI=1S/C9H13N.C3H5NO2S.C3H6.C2H6.CH4O.H2O/c1-6-4-7(2)9(10)8(3)5-6;4-2(7)1-3(5)6;1-2-3-1;2*1-2;/h4-5H,10H2,1-3H3;1,7H,4H2,(H,5,6);1-3H2;1-2H3;2H,1H3;1H2/b;2-1+;;;;. The largest absolute Gasteiger partial charge is 0.478 e. The van der Waals surface area contributed by atoms with Crippen molar-refractivity contribution in [2.24, 2.45) is 5.73 Å². The van der Waals surface area contributed by atoms with Crippen LogP contribution in [0.2, 0.25) is 0 Å². The van der Waals surface area contributed by atoms with Gasteiger partial charge in [-0.2, -0.15) is 0 Å². The number of anilines is 1. The van der Waals surface area contributed by atoms with Crippen LogP contribution in [0, 0.1) is 20.8 Å². The van der Waals surface area contributed by atoms with Crippen molar-refractivity contribution in [3.05, 3.63) is 39.9 Å². The fourth-order valence-corrected chi connectivity index (χ4v) is 1.43. The first-order chi connectivity index (χ1) is 11.2. The lowest BCUT2D eigenvalue weighted by atomic mass is 10.1. The molecule has 1 aliphatic rings. The molecule has 1 aromatic rings. The molecule has 0 aromatic heterocycles. The minimum absolute atomic E-state index is 0. The lowest BCUT2D eigenvalue weighted by molar-refractivity contribution is -0.131. The van der Waals surface area contributed by atoms with Gasteiger partial charge in [0.05, 0.1) is 11.1 Å². The zero-order chi connectivity index (χ0) is 19.7. The highest BCUT2D eigenvalue weighted by molar-refractivity contribution is 7.84. The van der Waals surface area contributed by atoms with Gasteiger partial charge in [0.25, 0.3) is 0 Å². The second-order valence-corrected chi connectivity index (χ2v) is 5.30. The van der Waals surface area contributed by atoms with Crippen LogP contribution < -0.4 is 11.5 Å². The first-order valence-corrected chi connectivity index (χ1v) is 8.36. The summed E-state index contributed by atoms with van der Waals surface area (Å²) in [6.45, 7) is 10.2. The summed E-state index contributed by atoms with van der Waals surface area (Å²) in [5.74, 6) is -1.08. The van der Waals surface area contributed by atoms with E-state index in [1.54, 1.807) is 0 Å². The van der Waals surface area contributed by atoms with Gasteiger partial charge < -0.3 is 27.2 Å². The third-order valence-corrected chi connectivity index (χ3v) is 2.49. The maximum atomic E-state index is 9.60. The summed E-state index contributed by atoms with van der Waals surface area (Å²) >= 11 is 3.50. The normalized spacial score (nSPS) is 10.5. The van der Waals surface area contributed by atoms with Crippen molar-refractivity contribution >= 4 is 24.3 Å². The lowest BCUT2D eigenvalue weighted by Gasteiger charge is -2.04. The molecule has 0 bridgehead atoms. The third kappa shape index (κ3) is 24.7. The molecule has 25 heavy (non-hydrogen) atoms. The van der Waals surface area contributed by atoms with Crippen molar-refractivity contribution in [2.75, 3.05) is 12.8 Å². The van der Waals surface area contributed by atoms with E-state index in [1.807, 2.05) is 27.7 Å². The number of aliphatic hydroxyl groups excluding tert-OH is 1. The van der Waals surface area contributed by atoms with Crippen LogP contribution in [0.1, 0.15) is 49.8 Å². The molecule has 0 spiro atoms. The van der Waals surface area contributed by atoms with Crippen LogP contribution in [0.15, 0.2) is 23.2 Å². The molecule has 0 atom stereocenters. The fourth-order valence-electron chi connectivity index (χ4n) is 1.32. The van der Waals surface area contributed by atoms with Crippen molar-refractivity contribution in [1.29, 1.82) is 0 Å². The van der Waals surface area contributed by atoms with Crippen molar-refractivity contribution in [2.45, 2.75) is 53.9 Å². The minimum Gasteiger partial charge on any atom is -0.478 e. The number of rotatable bonds is 1. The number of carbonyl (C=O) groups is 1. The monoisotopic (exact) mass is 376 g/mol. The Kier molecular flexibility index (Phi) is 25.3. The summed E-state index contributed by atoms with van der Waals surface area (Å²) < 4.78 is 0. The van der Waals surface area contributed by atoms with Gasteiger partial charge in [-0.1, -0.05) is 50.8 Å². The van der Waals surface area contributed by atoms with E-state index in [2.05, 4.69) is 31.7 Å². The van der Waals surface area contributed by atoms with E-state index in [1.165, 1.54) is 36.0 Å². The van der Waals surface area contributed by atoms with Gasteiger partial charge in [0, 0.05) is 12.8 Å². The number of aliphatic hydroxyl groups is 1. The SMILES string of the molecule is C1CC1.CC.CO.Cc1cc(C)c(N)c(C)c1.N/C(S)=C\C(=O)O.O. The number of thiol groups is 1. The Hall–Kier alpha value is -1.70. The van der Waals surface area contributed by atoms with Crippen LogP contribution in [0.5, 0.6) is 0 Å². The number of hydrogen-bond donors (Lipinski definition) is 5. The molecule has 0 heterocycles. The van der Waals surface area contributed by atoms with Crippen molar-refractivity contribution < 1.29 is 20.5 Å². The molecule has 1 saturated carbocycles. The number of carboxylic acid groups (broad SMARTS) is 1. The average Bonchev–Trinajstić information content (AvgIpc) is 3.36. The molecule has 0 unspecified atom stereocenters. The molecule has 0 aliphatic heterocycles. The Morgan fingerprint density at radius 3 is 1.56 bits per heavy atom. The summed E-state index contributed by atoms with van der Waals surface area (Å²) in [4.78, 5) is 9.60. The van der Waals surface area contributed by atoms with E-state index < -0.39 is 5.97 Å². The number of nitrogen functional groups attached to an aromatic ring is 1. The van der Waals surface area contributed by atoms with Crippen molar-refractivity contribution in [3.8, 4) is 0 Å². The Morgan fingerprint density at radius 2 is 1.40 bits per heavy atom. The molecule has 1 fully saturated rings. The minimum atomic E-state index is -1.08. The quantitative estimate of drug-likeness (QED) is 0.291. The number of nitrogens with two attached hydrogens (primary N) is 2. The van der Waals surface area contributed by atoms with Crippen LogP contribution in [0.4, 0.5) is 5.69 Å². The molecule has 0 radical (unpaired) electrons. The molecule has 6 nitrogen and oxygen atoms in total. The van der Waals surface area contributed by atoms with Crippen LogP contribution >= 0.6 is 12.6 Å². The van der Waals surface area contributed by atoms with Crippen molar-refractivity contribution in [1.82, 2.24) is 0 Å². The van der Waals surface area contributed by atoms with Crippen LogP contribution in [0.25, 0.3) is 0 Å². The maximum absolute atomic E-state index is 9.60. The molecule has 7 heteroatoms. The highest BCUT2D eigenvalue weighted by atomic mass is 32.1. The first-order valence-electron chi connectivity index (χ1n) is 7.91. The zero-order valence-electron chi connectivity index (χ0n) is 16.3. The van der Waals surface area contributed by atoms with E-state index in [0.717, 1.165) is 18.9 Å². The van der Waals surface area contributed by atoms with E-state index >= 15 is 0 Å². The van der Waals surface area contributed by atoms with E-state index in [-0.39, 0.29) is 10.5 Å². The zero-order valence-corrected chi connectivity index (χ0v) is 17.2. The van der Waals surface area contributed by atoms with Crippen LogP contribution in [-0.4, -0.2) is 28.8 Å². The number of carboxylic acids is 1. The number of aryl methyl sites for hydroxylation is 3. The fraction of sp³-hybridized carbons (Fsp3) is 0.500. The molecule has 0 amide bonds. The summed E-state index contributed by atoms with van der Waals surface area (Å²) in [5, 5.41) is 14.9. The Morgan fingerprint density at radius 1 is 1.08 bits per heavy atom. The summed E-state index contributed by atoms with van der Waals surface area (Å²) in [6, 6.07) is 4.20. The van der Waals surface area contributed by atoms with Gasteiger partial charge in [-0.05, 0) is 31.9 Å². The molecular weight excluding hydrogens is 340 g/mol. The van der Waals surface area contributed by atoms with Gasteiger partial charge in [-0.3, -0.25) is 0 Å². The van der Waals surface area contributed by atoms with E-state index in [9.17, 15) is 4.79 Å². The van der Waals surface area contributed by atoms with Crippen LogP contribution in [0.3, 0.4) is 0 Å². The van der Waals surface area contributed by atoms with Gasteiger partial charge in [0.15, 0.2) is 0 Å². The predicted molar refractivity (Wildman–Crippen MR) is 111 cm³/mol. The highest BCUT2D eigenvalue weighted by Gasteiger charge is 1.97. The van der Waals surface area contributed by atoms with Gasteiger partial charge in [0.1, 0.15) is 0 Å². The van der Waals surface area contributed by atoms with Crippen LogP contribution in [-0.2, 0) is 4.79 Å². The molecule has 148 valence electrons. The maximum Gasteiger partial charge on any atom is 0.330 e. The smallest absolute Gasteiger partial charge is 0.330 e. The van der Waals surface area contributed by atoms with Gasteiger partial charge in [-0.15, -0.1) is 12.6 Å². The molecule has 1 aromatic carbocycles. The number of benzene rings is 1. The molecule has 0 saturated heterocycles. The summed E-state index contributed by atoms with van der Waals surface area (Å²) in [6.07, 6.45) is 5.31. The predicted octanol–water partition coefficient (Wildman–Crippen LogP) is 2.98. The van der Waals surface area contributed by atoms with E-state index in [0.29, 0.717) is 0 Å². The summed E-state index contributed by atoms with van der Waals surface area (Å²) in [5.41, 5.74) is 15.1. The molecular formula is C18H36N2O4S. The van der Waals surface area contributed by atoms with Gasteiger partial charge >= 0.3 is 5.97 Å². The number of aliphatic carboxylic acids is 1. The van der Waals surface area contributed by atoms with Crippen molar-refractivity contribution in [3.63, 3.8) is 0 Å². The second-order valence-electron chi connectivity index (χ2n) is 4.78. The number of hydrogen-bond acceptors (Lipinski definition) is 5. The van der Waals surface area contributed by atoms with Gasteiger partial charge in [-0.25, -0.2) is 4.79 Å².